The van der Waals surface area contributed by atoms with Crippen molar-refractivity contribution in [1.29, 1.82) is 5.26 Å². The molecule has 31 heavy (non-hydrogen) atoms. The van der Waals surface area contributed by atoms with Crippen LogP contribution in [0, 0.1) is 17.1 Å². The zero-order chi connectivity index (χ0) is 22.8. The van der Waals surface area contributed by atoms with Crippen molar-refractivity contribution in [1.82, 2.24) is 9.97 Å². The van der Waals surface area contributed by atoms with Crippen molar-refractivity contribution in [2.24, 2.45) is 0 Å². The van der Waals surface area contributed by atoms with Gasteiger partial charge in [0.05, 0.1) is 16.3 Å². The Morgan fingerprint density at radius 3 is 2.45 bits per heavy atom. The van der Waals surface area contributed by atoms with Gasteiger partial charge in [0, 0.05) is 17.9 Å². The molecule has 0 bridgehead atoms. The maximum absolute atomic E-state index is 13.9. The number of halogens is 2. The molecule has 3 aromatic rings. The summed E-state index contributed by atoms with van der Waals surface area (Å²) in [5.74, 6) is -0.162. The molecule has 3 rings (SSSR count). The van der Waals surface area contributed by atoms with Crippen LogP contribution in [-0.2, 0) is 21.9 Å². The molecule has 0 aliphatic heterocycles. The van der Waals surface area contributed by atoms with E-state index in [1.807, 2.05) is 32.0 Å². The second-order valence-electron chi connectivity index (χ2n) is 7.47. The summed E-state index contributed by atoms with van der Waals surface area (Å²) in [6.07, 6.45) is 2.42. The first-order valence-electron chi connectivity index (χ1n) is 9.17. The summed E-state index contributed by atoms with van der Waals surface area (Å²) in [5, 5.41) is 8.80. The van der Waals surface area contributed by atoms with Gasteiger partial charge in [0.15, 0.2) is 5.82 Å². The summed E-state index contributed by atoms with van der Waals surface area (Å²) in [6.45, 7) is 3.97. The second kappa shape index (κ2) is 8.61. The molecule has 2 aromatic carbocycles. The van der Waals surface area contributed by atoms with Crippen molar-refractivity contribution in [3.8, 4) is 11.8 Å². The Morgan fingerprint density at radius 2 is 1.84 bits per heavy atom. The number of nitriles is 1. The molecule has 0 amide bonds. The Morgan fingerprint density at radius 1 is 1.16 bits per heavy atom. The van der Waals surface area contributed by atoms with E-state index >= 15 is 0 Å². The molecule has 0 N–H and O–H groups in total. The molecule has 0 spiro atoms. The predicted molar refractivity (Wildman–Crippen MR) is 114 cm³/mol. The molecule has 0 aliphatic carbocycles. The van der Waals surface area contributed by atoms with Crippen LogP contribution in [0.4, 0.5) is 4.39 Å². The molecule has 0 saturated carbocycles. The van der Waals surface area contributed by atoms with Crippen molar-refractivity contribution in [3.05, 3.63) is 81.9 Å². The molecule has 160 valence electrons. The van der Waals surface area contributed by atoms with Gasteiger partial charge in [-0.3, -0.25) is 0 Å². The van der Waals surface area contributed by atoms with Gasteiger partial charge >= 0.3 is 0 Å². The fraction of sp³-hybridized carbons (Fsp3) is 0.227. The number of hydrogen-bond donors (Lipinski definition) is 0. The van der Waals surface area contributed by atoms with E-state index in [0.717, 1.165) is 11.8 Å². The predicted octanol–water partition coefficient (Wildman–Crippen LogP) is 4.45. The first-order chi connectivity index (χ1) is 14.5. The molecule has 1 aromatic heterocycles. The molecule has 0 saturated heterocycles. The van der Waals surface area contributed by atoms with E-state index in [4.69, 9.17) is 21.6 Å². The van der Waals surface area contributed by atoms with Gasteiger partial charge in [-0.05, 0) is 41.5 Å². The normalized spacial score (nSPS) is 11.7. The standard InChI is InChI=1S/C22H19ClFN3O3S/c1-22(2,16-10-14(12-25)20(24)19(23)11-16)15-4-6-18(7-5-15)30-13-17-8-9-26-21(27-17)31(3,28)29/h4-11H,13H2,1-3H3. The maximum atomic E-state index is 13.9. The van der Waals surface area contributed by atoms with E-state index in [9.17, 15) is 12.8 Å². The van der Waals surface area contributed by atoms with Crippen molar-refractivity contribution < 1.29 is 17.5 Å². The van der Waals surface area contributed by atoms with Gasteiger partial charge in [-0.1, -0.05) is 37.6 Å². The number of rotatable bonds is 6. The Balaban J connectivity index is 1.79. The summed E-state index contributed by atoms with van der Waals surface area (Å²) in [7, 11) is -3.50. The zero-order valence-electron chi connectivity index (χ0n) is 17.1. The minimum Gasteiger partial charge on any atom is -0.487 e. The highest BCUT2D eigenvalue weighted by Gasteiger charge is 2.25. The van der Waals surface area contributed by atoms with E-state index in [1.165, 1.54) is 18.3 Å². The van der Waals surface area contributed by atoms with Crippen LogP contribution in [0.1, 0.15) is 36.2 Å². The lowest BCUT2D eigenvalue weighted by molar-refractivity contribution is 0.299. The molecule has 0 unspecified atom stereocenters. The van der Waals surface area contributed by atoms with Crippen LogP contribution in [0.5, 0.6) is 5.75 Å². The largest absolute Gasteiger partial charge is 0.487 e. The van der Waals surface area contributed by atoms with Gasteiger partial charge < -0.3 is 4.74 Å². The number of aromatic nitrogens is 2. The average Bonchev–Trinajstić information content (AvgIpc) is 2.74. The summed E-state index contributed by atoms with van der Waals surface area (Å²) >= 11 is 5.96. The molecular formula is C22H19ClFN3O3S. The summed E-state index contributed by atoms with van der Waals surface area (Å²) in [6, 6.07) is 13.7. The number of hydrogen-bond acceptors (Lipinski definition) is 6. The lowest BCUT2D eigenvalue weighted by Crippen LogP contribution is -2.19. The number of ether oxygens (including phenoxy) is 1. The molecule has 9 heteroatoms. The molecule has 0 atom stereocenters. The second-order valence-corrected chi connectivity index (χ2v) is 9.79. The van der Waals surface area contributed by atoms with E-state index in [-0.39, 0.29) is 22.3 Å². The molecule has 0 radical (unpaired) electrons. The average molecular weight is 460 g/mol. The third-order valence-electron chi connectivity index (χ3n) is 4.86. The summed E-state index contributed by atoms with van der Waals surface area (Å²) in [4.78, 5) is 7.74. The third kappa shape index (κ3) is 5.01. The van der Waals surface area contributed by atoms with Gasteiger partial charge in [-0.15, -0.1) is 0 Å². The first-order valence-corrected chi connectivity index (χ1v) is 11.4. The zero-order valence-corrected chi connectivity index (χ0v) is 18.6. The fourth-order valence-corrected chi connectivity index (χ4v) is 3.71. The van der Waals surface area contributed by atoms with Crippen LogP contribution in [0.3, 0.4) is 0 Å². The monoisotopic (exact) mass is 459 g/mol. The van der Waals surface area contributed by atoms with Gasteiger partial charge in [0.1, 0.15) is 18.4 Å². The Kier molecular flexibility index (Phi) is 6.30. The molecular weight excluding hydrogens is 441 g/mol. The highest BCUT2D eigenvalue weighted by Crippen LogP contribution is 2.35. The number of benzene rings is 2. The molecule has 1 heterocycles. The highest BCUT2D eigenvalue weighted by atomic mass is 35.5. The minimum atomic E-state index is -3.50. The smallest absolute Gasteiger partial charge is 0.247 e. The number of sulfone groups is 1. The van der Waals surface area contributed by atoms with Crippen molar-refractivity contribution in [2.45, 2.75) is 31.0 Å². The minimum absolute atomic E-state index is 0.0763. The van der Waals surface area contributed by atoms with E-state index < -0.39 is 21.1 Å². The summed E-state index contributed by atoms with van der Waals surface area (Å²) in [5.41, 5.74) is 1.41. The highest BCUT2D eigenvalue weighted by molar-refractivity contribution is 7.90. The van der Waals surface area contributed by atoms with Crippen molar-refractivity contribution >= 4 is 21.4 Å². The topological polar surface area (TPSA) is 92.9 Å². The van der Waals surface area contributed by atoms with Crippen LogP contribution in [0.2, 0.25) is 5.02 Å². The number of nitrogens with zero attached hydrogens (tertiary/aromatic N) is 3. The van der Waals surface area contributed by atoms with Crippen LogP contribution >= 0.6 is 11.6 Å². The lowest BCUT2D eigenvalue weighted by Gasteiger charge is -2.27. The first kappa shape index (κ1) is 22.7. The summed E-state index contributed by atoms with van der Waals surface area (Å²) < 4.78 is 42.8. The van der Waals surface area contributed by atoms with Crippen molar-refractivity contribution in [2.75, 3.05) is 6.26 Å². The Bertz CT molecular complexity index is 1270. The van der Waals surface area contributed by atoms with Crippen LogP contribution in [-0.4, -0.2) is 24.6 Å². The van der Waals surface area contributed by atoms with Gasteiger partial charge in [0.2, 0.25) is 15.0 Å². The maximum Gasteiger partial charge on any atom is 0.247 e. The van der Waals surface area contributed by atoms with Crippen molar-refractivity contribution in [3.63, 3.8) is 0 Å². The Hall–Kier alpha value is -3.02. The lowest BCUT2D eigenvalue weighted by atomic mass is 9.77. The SMILES string of the molecule is CC(C)(c1ccc(OCc2ccnc(S(C)(=O)=O)n2)cc1)c1cc(Cl)c(F)c(C#N)c1. The third-order valence-corrected chi connectivity index (χ3v) is 5.99. The molecule has 0 fully saturated rings. The van der Waals surface area contributed by atoms with E-state index in [1.54, 1.807) is 18.2 Å². The van der Waals surface area contributed by atoms with Crippen LogP contribution < -0.4 is 4.74 Å². The van der Waals surface area contributed by atoms with Gasteiger partial charge in [-0.2, -0.15) is 5.26 Å². The quantitative estimate of drug-likeness (QED) is 0.505. The van der Waals surface area contributed by atoms with Gasteiger partial charge in [0.25, 0.3) is 0 Å². The van der Waals surface area contributed by atoms with Crippen LogP contribution in [0.15, 0.2) is 53.8 Å². The van der Waals surface area contributed by atoms with E-state index in [2.05, 4.69) is 9.97 Å². The fourth-order valence-electron chi connectivity index (χ4n) is 2.96. The molecule has 0 aliphatic rings. The molecule has 6 nitrogen and oxygen atoms in total. The van der Waals surface area contributed by atoms with Gasteiger partial charge in [-0.25, -0.2) is 22.8 Å². The Labute approximate surface area is 185 Å². The van der Waals surface area contributed by atoms with E-state index in [0.29, 0.717) is 17.0 Å². The van der Waals surface area contributed by atoms with Crippen LogP contribution in [0.25, 0.3) is 0 Å².